The number of ether oxygens (including phenoxy) is 1. The van der Waals surface area contributed by atoms with E-state index in [1.54, 1.807) is 0 Å². The Kier molecular flexibility index (Phi) is 4.98. The van der Waals surface area contributed by atoms with Gasteiger partial charge in [-0.2, -0.15) is 0 Å². The molecule has 0 spiro atoms. The summed E-state index contributed by atoms with van der Waals surface area (Å²) < 4.78 is 11.3. The van der Waals surface area contributed by atoms with Crippen molar-refractivity contribution in [2.75, 3.05) is 0 Å². The second-order valence-electron chi connectivity index (χ2n) is 5.28. The highest BCUT2D eigenvalue weighted by Gasteiger charge is 2.08. The highest BCUT2D eigenvalue weighted by molar-refractivity contribution is 7.98. The van der Waals surface area contributed by atoms with Crippen LogP contribution in [-0.4, -0.2) is 10.2 Å². The minimum Gasteiger partial charge on any atom is -0.484 e. The van der Waals surface area contributed by atoms with Crippen LogP contribution in [-0.2, 0) is 12.4 Å². The van der Waals surface area contributed by atoms with Crippen LogP contribution in [0, 0.1) is 13.8 Å². The molecule has 0 fully saturated rings. The van der Waals surface area contributed by atoms with Crippen molar-refractivity contribution in [3.05, 3.63) is 71.1 Å². The standard InChI is InChI=1S/C18H18N2O2S/c1-13-6-5-9-16(10-13)21-11-17-19-20-18(22-17)23-12-15-8-4-3-7-14(15)2/h3-10H,11-12H2,1-2H3. The highest BCUT2D eigenvalue weighted by Crippen LogP contribution is 2.23. The van der Waals surface area contributed by atoms with Gasteiger partial charge in [-0.05, 0) is 42.7 Å². The molecule has 0 aliphatic carbocycles. The number of hydrogen-bond acceptors (Lipinski definition) is 5. The summed E-state index contributed by atoms with van der Waals surface area (Å²) >= 11 is 1.54. The molecule has 3 rings (SSSR count). The average Bonchev–Trinajstić information content (AvgIpc) is 3.00. The van der Waals surface area contributed by atoms with E-state index in [4.69, 9.17) is 9.15 Å². The van der Waals surface area contributed by atoms with Gasteiger partial charge in [0.1, 0.15) is 5.75 Å². The Balaban J connectivity index is 1.55. The zero-order valence-electron chi connectivity index (χ0n) is 13.2. The Morgan fingerprint density at radius 1 is 1.04 bits per heavy atom. The first-order valence-electron chi connectivity index (χ1n) is 7.40. The largest absolute Gasteiger partial charge is 0.484 e. The predicted octanol–water partition coefficient (Wildman–Crippen LogP) is 4.56. The van der Waals surface area contributed by atoms with E-state index in [0.717, 1.165) is 17.1 Å². The molecule has 0 bridgehead atoms. The Bertz CT molecular complexity index is 786. The molecular formula is C18H18N2O2S. The number of thioether (sulfide) groups is 1. The van der Waals surface area contributed by atoms with Crippen LogP contribution in [0.25, 0.3) is 0 Å². The van der Waals surface area contributed by atoms with Gasteiger partial charge in [0.2, 0.25) is 0 Å². The predicted molar refractivity (Wildman–Crippen MR) is 90.5 cm³/mol. The summed E-state index contributed by atoms with van der Waals surface area (Å²) in [7, 11) is 0. The second kappa shape index (κ2) is 7.33. The second-order valence-corrected chi connectivity index (χ2v) is 6.21. The molecule has 2 aromatic carbocycles. The van der Waals surface area contributed by atoms with Gasteiger partial charge in [-0.1, -0.05) is 48.2 Å². The summed E-state index contributed by atoms with van der Waals surface area (Å²) in [6.45, 7) is 4.41. The molecule has 0 saturated carbocycles. The lowest BCUT2D eigenvalue weighted by Crippen LogP contribution is -1.95. The third-order valence-electron chi connectivity index (χ3n) is 3.41. The van der Waals surface area contributed by atoms with E-state index < -0.39 is 0 Å². The van der Waals surface area contributed by atoms with Crippen LogP contribution >= 0.6 is 11.8 Å². The van der Waals surface area contributed by atoms with Crippen molar-refractivity contribution >= 4 is 11.8 Å². The van der Waals surface area contributed by atoms with Crippen molar-refractivity contribution in [1.29, 1.82) is 0 Å². The molecule has 23 heavy (non-hydrogen) atoms. The van der Waals surface area contributed by atoms with Crippen molar-refractivity contribution in [3.63, 3.8) is 0 Å². The lowest BCUT2D eigenvalue weighted by Gasteiger charge is -2.03. The number of rotatable bonds is 6. The fraction of sp³-hybridized carbons (Fsp3) is 0.222. The Labute approximate surface area is 139 Å². The van der Waals surface area contributed by atoms with E-state index in [2.05, 4.69) is 29.3 Å². The molecule has 3 aromatic rings. The van der Waals surface area contributed by atoms with Crippen molar-refractivity contribution in [3.8, 4) is 5.75 Å². The molecule has 0 atom stereocenters. The van der Waals surface area contributed by atoms with Gasteiger partial charge in [0.25, 0.3) is 11.1 Å². The third kappa shape index (κ3) is 4.36. The maximum atomic E-state index is 5.66. The van der Waals surface area contributed by atoms with Gasteiger partial charge in [-0.3, -0.25) is 0 Å². The molecule has 1 heterocycles. The van der Waals surface area contributed by atoms with Crippen molar-refractivity contribution in [2.45, 2.75) is 31.4 Å². The number of aromatic nitrogens is 2. The molecule has 4 nitrogen and oxygen atoms in total. The van der Waals surface area contributed by atoms with E-state index in [9.17, 15) is 0 Å². The van der Waals surface area contributed by atoms with E-state index in [1.807, 2.05) is 43.3 Å². The Morgan fingerprint density at radius 2 is 1.91 bits per heavy atom. The number of hydrogen-bond donors (Lipinski definition) is 0. The van der Waals surface area contributed by atoms with Crippen LogP contribution in [0.5, 0.6) is 5.75 Å². The summed E-state index contributed by atoms with van der Waals surface area (Å²) in [5.74, 6) is 2.10. The molecule has 0 radical (unpaired) electrons. The molecular weight excluding hydrogens is 308 g/mol. The van der Waals surface area contributed by atoms with Crippen LogP contribution < -0.4 is 4.74 Å². The number of benzene rings is 2. The lowest BCUT2D eigenvalue weighted by molar-refractivity contribution is 0.252. The molecule has 1 aromatic heterocycles. The SMILES string of the molecule is Cc1cccc(OCc2nnc(SCc3ccccc3C)o2)c1. The minimum absolute atomic E-state index is 0.279. The van der Waals surface area contributed by atoms with Crippen molar-refractivity contribution < 1.29 is 9.15 Å². The smallest absolute Gasteiger partial charge is 0.277 e. The normalized spacial score (nSPS) is 10.7. The summed E-state index contributed by atoms with van der Waals surface area (Å²) in [6, 6.07) is 16.2. The maximum absolute atomic E-state index is 5.66. The van der Waals surface area contributed by atoms with Gasteiger partial charge in [-0.15, -0.1) is 10.2 Å². The van der Waals surface area contributed by atoms with Gasteiger partial charge >= 0.3 is 0 Å². The monoisotopic (exact) mass is 326 g/mol. The molecule has 0 saturated heterocycles. The molecule has 5 heteroatoms. The first-order chi connectivity index (χ1) is 11.2. The summed E-state index contributed by atoms with van der Waals surface area (Å²) in [6.07, 6.45) is 0. The molecule has 0 N–H and O–H groups in total. The first-order valence-corrected chi connectivity index (χ1v) is 8.38. The summed E-state index contributed by atoms with van der Waals surface area (Å²) in [5, 5.41) is 8.65. The number of nitrogens with zero attached hydrogens (tertiary/aromatic N) is 2. The molecule has 0 amide bonds. The quantitative estimate of drug-likeness (QED) is 0.622. The van der Waals surface area contributed by atoms with Gasteiger partial charge in [0.05, 0.1) is 0 Å². The minimum atomic E-state index is 0.279. The van der Waals surface area contributed by atoms with Crippen LogP contribution in [0.2, 0.25) is 0 Å². The van der Waals surface area contributed by atoms with E-state index in [0.29, 0.717) is 11.1 Å². The van der Waals surface area contributed by atoms with Gasteiger partial charge in [0, 0.05) is 5.75 Å². The van der Waals surface area contributed by atoms with E-state index in [1.165, 1.54) is 22.9 Å². The van der Waals surface area contributed by atoms with Crippen LogP contribution in [0.1, 0.15) is 22.6 Å². The van der Waals surface area contributed by atoms with Crippen LogP contribution in [0.15, 0.2) is 58.2 Å². The number of aryl methyl sites for hydroxylation is 2. The van der Waals surface area contributed by atoms with Crippen molar-refractivity contribution in [1.82, 2.24) is 10.2 Å². The van der Waals surface area contributed by atoms with Crippen molar-refractivity contribution in [2.24, 2.45) is 0 Å². The molecule has 0 aliphatic heterocycles. The van der Waals surface area contributed by atoms with Gasteiger partial charge in [-0.25, -0.2) is 0 Å². The van der Waals surface area contributed by atoms with Crippen LogP contribution in [0.4, 0.5) is 0 Å². The maximum Gasteiger partial charge on any atom is 0.277 e. The van der Waals surface area contributed by atoms with Crippen LogP contribution in [0.3, 0.4) is 0 Å². The van der Waals surface area contributed by atoms with E-state index in [-0.39, 0.29) is 6.61 Å². The first kappa shape index (κ1) is 15.6. The lowest BCUT2D eigenvalue weighted by atomic mass is 10.1. The Morgan fingerprint density at radius 3 is 2.74 bits per heavy atom. The molecule has 118 valence electrons. The van der Waals surface area contributed by atoms with Gasteiger partial charge in [0.15, 0.2) is 6.61 Å². The highest BCUT2D eigenvalue weighted by atomic mass is 32.2. The third-order valence-corrected chi connectivity index (χ3v) is 4.28. The summed E-state index contributed by atoms with van der Waals surface area (Å²) in [4.78, 5) is 0. The molecule has 0 unspecified atom stereocenters. The van der Waals surface area contributed by atoms with E-state index >= 15 is 0 Å². The summed E-state index contributed by atoms with van der Waals surface area (Å²) in [5.41, 5.74) is 3.69. The van der Waals surface area contributed by atoms with Gasteiger partial charge < -0.3 is 9.15 Å². The topological polar surface area (TPSA) is 48.2 Å². The fourth-order valence-corrected chi connectivity index (χ4v) is 2.97. The average molecular weight is 326 g/mol. The Hall–Kier alpha value is -2.27. The zero-order chi connectivity index (χ0) is 16.1. The molecule has 0 aliphatic rings. The zero-order valence-corrected chi connectivity index (χ0v) is 14.0. The fourth-order valence-electron chi connectivity index (χ4n) is 2.12.